The van der Waals surface area contributed by atoms with Crippen molar-refractivity contribution in [2.24, 2.45) is 5.92 Å². The summed E-state index contributed by atoms with van der Waals surface area (Å²) in [6.45, 7) is 3.38. The maximum atomic E-state index is 12.7. The van der Waals surface area contributed by atoms with Gasteiger partial charge in [0, 0.05) is 18.7 Å². The van der Waals surface area contributed by atoms with Crippen LogP contribution in [-0.2, 0) is 12.8 Å². The van der Waals surface area contributed by atoms with Gasteiger partial charge in [0.1, 0.15) is 0 Å². The molecule has 0 spiro atoms. The molecule has 28 heavy (non-hydrogen) atoms. The number of nitrogens with zero attached hydrogens (tertiary/aromatic N) is 1. The zero-order valence-corrected chi connectivity index (χ0v) is 16.4. The van der Waals surface area contributed by atoms with Crippen molar-refractivity contribution in [3.8, 4) is 0 Å². The molecule has 4 nitrogen and oxygen atoms in total. The second-order valence-electron chi connectivity index (χ2n) is 8.18. The highest BCUT2D eigenvalue weighted by atomic mass is 16.3. The van der Waals surface area contributed by atoms with Crippen LogP contribution in [0.3, 0.4) is 0 Å². The van der Waals surface area contributed by atoms with E-state index in [0.29, 0.717) is 12.5 Å². The first-order valence-corrected chi connectivity index (χ1v) is 10.5. The molecule has 0 unspecified atom stereocenters. The Morgan fingerprint density at radius 2 is 1.86 bits per heavy atom. The highest BCUT2D eigenvalue weighted by molar-refractivity contribution is 5.96. The van der Waals surface area contributed by atoms with E-state index in [-0.39, 0.29) is 5.91 Å². The predicted octanol–water partition coefficient (Wildman–Crippen LogP) is 3.35. The van der Waals surface area contributed by atoms with E-state index < -0.39 is 6.10 Å². The molecular weight excluding hydrogens is 348 g/mol. The van der Waals surface area contributed by atoms with Crippen LogP contribution in [0.15, 0.2) is 48.5 Å². The molecule has 4 heteroatoms. The Bertz CT molecular complexity index is 798. The van der Waals surface area contributed by atoms with E-state index in [1.807, 2.05) is 42.5 Å². The molecule has 2 N–H and O–H groups in total. The van der Waals surface area contributed by atoms with E-state index in [1.165, 1.54) is 11.1 Å². The van der Waals surface area contributed by atoms with Gasteiger partial charge >= 0.3 is 0 Å². The van der Waals surface area contributed by atoms with Gasteiger partial charge in [0.2, 0.25) is 0 Å². The zero-order chi connectivity index (χ0) is 19.3. The third-order valence-corrected chi connectivity index (χ3v) is 6.26. The van der Waals surface area contributed by atoms with Gasteiger partial charge in [-0.1, -0.05) is 42.5 Å². The van der Waals surface area contributed by atoms with Crippen molar-refractivity contribution >= 4 is 5.91 Å². The van der Waals surface area contributed by atoms with Gasteiger partial charge in [0.15, 0.2) is 0 Å². The molecule has 1 atom stereocenters. The van der Waals surface area contributed by atoms with Gasteiger partial charge in [-0.25, -0.2) is 0 Å². The van der Waals surface area contributed by atoms with Crippen LogP contribution >= 0.6 is 0 Å². The molecule has 1 saturated heterocycles. The normalized spacial score (nSPS) is 18.6. The fourth-order valence-electron chi connectivity index (χ4n) is 4.56. The van der Waals surface area contributed by atoms with E-state index in [1.54, 1.807) is 0 Å². The summed E-state index contributed by atoms with van der Waals surface area (Å²) >= 11 is 0. The number of nitrogens with one attached hydrogen (secondary N) is 1. The highest BCUT2D eigenvalue weighted by Gasteiger charge is 2.23. The number of fused-ring (bicyclic) bond motifs is 1. The van der Waals surface area contributed by atoms with Crippen molar-refractivity contribution in [2.75, 3.05) is 26.2 Å². The number of carbonyl (C=O) groups is 1. The lowest BCUT2D eigenvalue weighted by Crippen LogP contribution is -2.40. The number of β-amino-alcohol motifs (C(OH)–C–C–N with tert-alkyl or cyclic N) is 1. The van der Waals surface area contributed by atoms with Crippen LogP contribution < -0.4 is 5.32 Å². The Morgan fingerprint density at radius 3 is 2.64 bits per heavy atom. The third-order valence-electron chi connectivity index (χ3n) is 6.26. The Labute approximate surface area is 167 Å². The van der Waals surface area contributed by atoms with E-state index in [0.717, 1.165) is 62.9 Å². The van der Waals surface area contributed by atoms with Crippen LogP contribution in [0.4, 0.5) is 0 Å². The zero-order valence-electron chi connectivity index (χ0n) is 16.4. The SMILES string of the molecule is O=C(NCC1CCN(C[C@@H](O)c2ccccc2)CC1)c1cccc2c1CCC2. The summed E-state index contributed by atoms with van der Waals surface area (Å²) in [5.74, 6) is 0.603. The molecule has 1 fully saturated rings. The second kappa shape index (κ2) is 8.89. The fourth-order valence-corrected chi connectivity index (χ4v) is 4.56. The lowest BCUT2D eigenvalue weighted by atomic mass is 9.95. The molecule has 0 radical (unpaired) electrons. The fraction of sp³-hybridized carbons (Fsp3) is 0.458. The monoisotopic (exact) mass is 378 g/mol. The van der Waals surface area contributed by atoms with Crippen LogP contribution in [0.25, 0.3) is 0 Å². The number of aliphatic hydroxyl groups is 1. The summed E-state index contributed by atoms with van der Waals surface area (Å²) in [5.41, 5.74) is 4.45. The Hall–Kier alpha value is -2.17. The summed E-state index contributed by atoms with van der Waals surface area (Å²) < 4.78 is 0. The van der Waals surface area contributed by atoms with Crippen molar-refractivity contribution in [1.29, 1.82) is 0 Å². The van der Waals surface area contributed by atoms with Gasteiger partial charge in [-0.15, -0.1) is 0 Å². The number of aryl methyl sites for hydroxylation is 1. The Balaban J connectivity index is 1.23. The number of hydrogen-bond acceptors (Lipinski definition) is 3. The first-order chi connectivity index (χ1) is 13.7. The van der Waals surface area contributed by atoms with Crippen molar-refractivity contribution in [3.05, 3.63) is 70.8 Å². The van der Waals surface area contributed by atoms with Gasteiger partial charge in [-0.3, -0.25) is 4.79 Å². The summed E-state index contributed by atoms with van der Waals surface area (Å²) in [7, 11) is 0. The minimum Gasteiger partial charge on any atom is -0.387 e. The number of rotatable bonds is 6. The molecule has 148 valence electrons. The molecule has 1 heterocycles. The highest BCUT2D eigenvalue weighted by Crippen LogP contribution is 2.25. The maximum Gasteiger partial charge on any atom is 0.251 e. The first-order valence-electron chi connectivity index (χ1n) is 10.5. The van der Waals surface area contributed by atoms with Gasteiger partial charge in [0.05, 0.1) is 6.10 Å². The molecular formula is C24H30N2O2. The van der Waals surface area contributed by atoms with Crippen LogP contribution in [0.2, 0.25) is 0 Å². The molecule has 1 aliphatic heterocycles. The van der Waals surface area contributed by atoms with Crippen molar-refractivity contribution in [2.45, 2.75) is 38.2 Å². The summed E-state index contributed by atoms with van der Waals surface area (Å²) in [5, 5.41) is 13.6. The molecule has 2 aromatic rings. The third kappa shape index (κ3) is 4.45. The van der Waals surface area contributed by atoms with Crippen LogP contribution in [-0.4, -0.2) is 42.1 Å². The van der Waals surface area contributed by atoms with E-state index in [4.69, 9.17) is 0 Å². The second-order valence-corrected chi connectivity index (χ2v) is 8.18. The van der Waals surface area contributed by atoms with Crippen molar-refractivity contribution in [1.82, 2.24) is 10.2 Å². The Kier molecular flexibility index (Phi) is 6.08. The van der Waals surface area contributed by atoms with Crippen molar-refractivity contribution < 1.29 is 9.90 Å². The van der Waals surface area contributed by atoms with E-state index >= 15 is 0 Å². The molecule has 0 bridgehead atoms. The van der Waals surface area contributed by atoms with E-state index in [2.05, 4.69) is 16.3 Å². The largest absolute Gasteiger partial charge is 0.387 e. The van der Waals surface area contributed by atoms with Gasteiger partial charge in [0.25, 0.3) is 5.91 Å². The van der Waals surface area contributed by atoms with Crippen LogP contribution in [0.1, 0.15) is 52.4 Å². The Morgan fingerprint density at radius 1 is 1.07 bits per heavy atom. The molecule has 4 rings (SSSR count). The minimum atomic E-state index is -0.433. The predicted molar refractivity (Wildman–Crippen MR) is 111 cm³/mol. The van der Waals surface area contributed by atoms with Gasteiger partial charge < -0.3 is 15.3 Å². The standard InChI is InChI=1S/C24H30N2O2/c27-23(20-6-2-1-3-7-20)17-26-14-12-18(13-15-26)16-25-24(28)22-11-5-9-19-8-4-10-21(19)22/h1-3,5-7,9,11,18,23,27H,4,8,10,12-17H2,(H,25,28)/t23-/m1/s1. The number of hydrogen-bond donors (Lipinski definition) is 2. The topological polar surface area (TPSA) is 52.6 Å². The maximum absolute atomic E-state index is 12.7. The molecule has 1 aliphatic carbocycles. The lowest BCUT2D eigenvalue weighted by molar-refractivity contribution is 0.0851. The van der Waals surface area contributed by atoms with E-state index in [9.17, 15) is 9.90 Å². The first kappa shape index (κ1) is 19.2. The molecule has 2 aliphatic rings. The van der Waals surface area contributed by atoms with Gasteiger partial charge in [-0.05, 0) is 73.9 Å². The molecule has 0 saturated carbocycles. The summed E-state index contributed by atoms with van der Waals surface area (Å²) in [6, 6.07) is 16.0. The molecule has 1 amide bonds. The number of carbonyl (C=O) groups excluding carboxylic acids is 1. The number of amides is 1. The number of benzene rings is 2. The number of aliphatic hydroxyl groups excluding tert-OH is 1. The quantitative estimate of drug-likeness (QED) is 0.811. The van der Waals surface area contributed by atoms with Crippen LogP contribution in [0.5, 0.6) is 0 Å². The average molecular weight is 379 g/mol. The molecule has 2 aromatic carbocycles. The lowest BCUT2D eigenvalue weighted by Gasteiger charge is -2.33. The smallest absolute Gasteiger partial charge is 0.251 e. The summed E-state index contributed by atoms with van der Waals surface area (Å²) in [4.78, 5) is 15.0. The minimum absolute atomic E-state index is 0.0840. The molecule has 0 aromatic heterocycles. The van der Waals surface area contributed by atoms with Crippen molar-refractivity contribution in [3.63, 3.8) is 0 Å². The average Bonchev–Trinajstić information content (AvgIpc) is 3.22. The van der Waals surface area contributed by atoms with Gasteiger partial charge in [-0.2, -0.15) is 0 Å². The number of likely N-dealkylation sites (tertiary alicyclic amines) is 1. The number of piperidine rings is 1. The summed E-state index contributed by atoms with van der Waals surface area (Å²) in [6.07, 6.45) is 4.99. The van der Waals surface area contributed by atoms with Crippen LogP contribution in [0, 0.1) is 5.92 Å².